The summed E-state index contributed by atoms with van der Waals surface area (Å²) in [4.78, 5) is 26.1. The molecule has 0 spiro atoms. The van der Waals surface area contributed by atoms with Gasteiger partial charge in [0.15, 0.2) is 0 Å². The van der Waals surface area contributed by atoms with Gasteiger partial charge in [-0.05, 0) is 65.6 Å². The number of amides is 2. The van der Waals surface area contributed by atoms with Gasteiger partial charge in [0.25, 0.3) is 5.91 Å². The van der Waals surface area contributed by atoms with Gasteiger partial charge >= 0.3 is 13.2 Å². The van der Waals surface area contributed by atoms with Crippen LogP contribution >= 0.6 is 0 Å². The first kappa shape index (κ1) is 18.9. The molecule has 140 valence electrons. The van der Waals surface area contributed by atoms with Crippen LogP contribution in [0.5, 0.6) is 0 Å². The molecule has 2 aliphatic heterocycles. The molecule has 1 aromatic carbocycles. The molecule has 0 aliphatic carbocycles. The van der Waals surface area contributed by atoms with Crippen LogP contribution in [0, 0.1) is 0 Å². The predicted molar refractivity (Wildman–Crippen MR) is 98.3 cm³/mol. The highest BCUT2D eigenvalue weighted by Crippen LogP contribution is 2.36. The van der Waals surface area contributed by atoms with Crippen molar-refractivity contribution in [1.29, 1.82) is 0 Å². The third kappa shape index (κ3) is 3.26. The largest absolute Gasteiger partial charge is 0.494 e. The van der Waals surface area contributed by atoms with Crippen molar-refractivity contribution in [2.75, 3.05) is 0 Å². The minimum absolute atomic E-state index is 0.215. The van der Waals surface area contributed by atoms with E-state index in [1.165, 1.54) is 0 Å². The van der Waals surface area contributed by atoms with E-state index in [9.17, 15) is 9.59 Å². The van der Waals surface area contributed by atoms with Crippen molar-refractivity contribution >= 4 is 24.6 Å². The molecule has 7 heteroatoms. The lowest BCUT2D eigenvalue weighted by Crippen LogP contribution is -2.41. The minimum atomic E-state index is -0.653. The first-order valence-electron chi connectivity index (χ1n) is 8.84. The summed E-state index contributed by atoms with van der Waals surface area (Å²) in [6.07, 6.45) is -0.629. The fraction of sp³-hybridized carbons (Fsp3) is 0.579. The summed E-state index contributed by atoms with van der Waals surface area (Å²) < 4.78 is 17.4. The molecule has 3 rings (SSSR count). The molecular formula is C19H26BNO5. The molecule has 0 saturated carbocycles. The van der Waals surface area contributed by atoms with Gasteiger partial charge in [-0.1, -0.05) is 12.1 Å². The quantitative estimate of drug-likeness (QED) is 0.722. The second kappa shape index (κ2) is 5.82. The number of rotatable bonds is 1. The van der Waals surface area contributed by atoms with Crippen LogP contribution in [0.2, 0.25) is 0 Å². The summed E-state index contributed by atoms with van der Waals surface area (Å²) in [6.45, 7) is 13.5. The Morgan fingerprint density at radius 1 is 1.15 bits per heavy atom. The molecule has 1 aromatic rings. The Kier molecular flexibility index (Phi) is 4.24. The highest BCUT2D eigenvalue weighted by Gasteiger charge is 2.52. The van der Waals surface area contributed by atoms with E-state index in [2.05, 4.69) is 0 Å². The van der Waals surface area contributed by atoms with Gasteiger partial charge in [0.05, 0.1) is 17.7 Å². The van der Waals surface area contributed by atoms with Crippen LogP contribution in [0.15, 0.2) is 18.2 Å². The van der Waals surface area contributed by atoms with Gasteiger partial charge in [-0.3, -0.25) is 4.79 Å². The average molecular weight is 359 g/mol. The molecule has 0 atom stereocenters. The van der Waals surface area contributed by atoms with Crippen molar-refractivity contribution in [3.63, 3.8) is 0 Å². The first-order valence-corrected chi connectivity index (χ1v) is 8.84. The maximum atomic E-state index is 12.7. The van der Waals surface area contributed by atoms with E-state index in [4.69, 9.17) is 14.0 Å². The number of carbonyl (C=O) groups is 2. The summed E-state index contributed by atoms with van der Waals surface area (Å²) in [5, 5.41) is 0. The van der Waals surface area contributed by atoms with Crippen molar-refractivity contribution in [2.24, 2.45) is 0 Å². The van der Waals surface area contributed by atoms with Crippen molar-refractivity contribution < 1.29 is 23.6 Å². The Labute approximate surface area is 154 Å². The van der Waals surface area contributed by atoms with Crippen LogP contribution in [0.3, 0.4) is 0 Å². The Morgan fingerprint density at radius 2 is 1.73 bits per heavy atom. The average Bonchev–Trinajstić information content (AvgIpc) is 2.91. The number of nitrogens with zero attached hydrogens (tertiary/aromatic N) is 1. The molecule has 2 amide bonds. The van der Waals surface area contributed by atoms with Gasteiger partial charge < -0.3 is 14.0 Å². The van der Waals surface area contributed by atoms with E-state index >= 15 is 0 Å². The van der Waals surface area contributed by atoms with Gasteiger partial charge in [0.2, 0.25) is 0 Å². The van der Waals surface area contributed by atoms with Gasteiger partial charge in [-0.15, -0.1) is 0 Å². The Morgan fingerprint density at radius 3 is 2.27 bits per heavy atom. The van der Waals surface area contributed by atoms with E-state index in [0.717, 1.165) is 15.9 Å². The smallest absolute Gasteiger partial charge is 0.443 e. The zero-order chi connectivity index (χ0) is 19.5. The topological polar surface area (TPSA) is 65.1 Å². The Balaban J connectivity index is 1.82. The molecule has 2 heterocycles. The standard InChI is InChI=1S/C19H26BNO5/c1-17(2,3)24-16(23)21-11-12-8-9-13(10-14(12)15(21)22)20-25-18(4,5)19(6,7)26-20/h8-10H,11H2,1-7H3. The van der Waals surface area contributed by atoms with Crippen LogP contribution < -0.4 is 5.46 Å². The third-order valence-corrected chi connectivity index (χ3v) is 5.08. The number of hydrogen-bond acceptors (Lipinski definition) is 5. The number of hydrogen-bond donors (Lipinski definition) is 0. The molecule has 0 radical (unpaired) electrons. The minimum Gasteiger partial charge on any atom is -0.443 e. The van der Waals surface area contributed by atoms with E-state index in [-0.39, 0.29) is 12.5 Å². The molecule has 2 aliphatic rings. The van der Waals surface area contributed by atoms with Crippen molar-refractivity contribution in [2.45, 2.75) is 71.8 Å². The van der Waals surface area contributed by atoms with E-state index < -0.39 is 30.0 Å². The van der Waals surface area contributed by atoms with Crippen LogP contribution in [0.25, 0.3) is 0 Å². The molecule has 0 unspecified atom stereocenters. The van der Waals surface area contributed by atoms with Crippen LogP contribution in [-0.2, 0) is 20.6 Å². The Hall–Kier alpha value is -1.86. The monoisotopic (exact) mass is 359 g/mol. The summed E-state index contributed by atoms with van der Waals surface area (Å²) in [7, 11) is -0.548. The molecule has 0 N–H and O–H groups in total. The highest BCUT2D eigenvalue weighted by molar-refractivity contribution is 6.62. The maximum Gasteiger partial charge on any atom is 0.494 e. The zero-order valence-corrected chi connectivity index (χ0v) is 16.5. The van der Waals surface area contributed by atoms with E-state index in [1.807, 2.05) is 39.8 Å². The lowest BCUT2D eigenvalue weighted by molar-refractivity contribution is 0.00578. The Bertz CT molecular complexity index is 750. The molecule has 26 heavy (non-hydrogen) atoms. The van der Waals surface area contributed by atoms with Gasteiger partial charge in [0, 0.05) is 5.56 Å². The second-order valence-electron chi connectivity index (χ2n) is 8.88. The molecule has 6 nitrogen and oxygen atoms in total. The van der Waals surface area contributed by atoms with Crippen LogP contribution in [-0.4, -0.2) is 40.8 Å². The molecule has 1 fully saturated rings. The molecular weight excluding hydrogens is 333 g/mol. The predicted octanol–water partition coefficient (Wildman–Crippen LogP) is 2.88. The van der Waals surface area contributed by atoms with Gasteiger partial charge in [0.1, 0.15) is 5.60 Å². The highest BCUT2D eigenvalue weighted by atomic mass is 16.7. The first-order chi connectivity index (χ1) is 11.8. The molecule has 0 bridgehead atoms. The number of imide groups is 1. The van der Waals surface area contributed by atoms with E-state index in [1.54, 1.807) is 26.8 Å². The fourth-order valence-electron chi connectivity index (χ4n) is 2.91. The summed E-state index contributed by atoms with van der Waals surface area (Å²) >= 11 is 0. The SMILES string of the molecule is CC(C)(C)OC(=O)N1Cc2ccc(B3OC(C)(C)C(C)(C)O3)cc2C1=O. The number of carbonyl (C=O) groups excluding carboxylic acids is 2. The van der Waals surface area contributed by atoms with Gasteiger partial charge in [-0.2, -0.15) is 0 Å². The van der Waals surface area contributed by atoms with E-state index in [0.29, 0.717) is 5.56 Å². The van der Waals surface area contributed by atoms with Crippen molar-refractivity contribution in [3.05, 3.63) is 29.3 Å². The zero-order valence-electron chi connectivity index (χ0n) is 16.5. The number of benzene rings is 1. The summed E-state index contributed by atoms with van der Waals surface area (Å²) in [6, 6.07) is 5.48. The fourth-order valence-corrected chi connectivity index (χ4v) is 2.91. The van der Waals surface area contributed by atoms with Crippen LogP contribution in [0.4, 0.5) is 4.79 Å². The molecule has 0 aromatic heterocycles. The number of ether oxygens (including phenoxy) is 1. The lowest BCUT2D eigenvalue weighted by atomic mass is 9.78. The third-order valence-electron chi connectivity index (χ3n) is 5.08. The second-order valence-corrected chi connectivity index (χ2v) is 8.88. The maximum absolute atomic E-state index is 12.7. The van der Waals surface area contributed by atoms with Gasteiger partial charge in [-0.25, -0.2) is 9.69 Å². The summed E-state index contributed by atoms with van der Waals surface area (Å²) in [5.41, 5.74) is 0.484. The summed E-state index contributed by atoms with van der Waals surface area (Å²) in [5.74, 6) is -0.354. The molecule has 1 saturated heterocycles. The van der Waals surface area contributed by atoms with Crippen LogP contribution in [0.1, 0.15) is 64.4 Å². The van der Waals surface area contributed by atoms with Crippen molar-refractivity contribution in [1.82, 2.24) is 4.90 Å². The number of fused-ring (bicyclic) bond motifs is 1. The lowest BCUT2D eigenvalue weighted by Gasteiger charge is -2.32. The normalized spacial score (nSPS) is 21.1. The van der Waals surface area contributed by atoms with Crippen molar-refractivity contribution in [3.8, 4) is 0 Å².